The van der Waals surface area contributed by atoms with Crippen molar-refractivity contribution in [3.8, 4) is 0 Å². The van der Waals surface area contributed by atoms with Crippen LogP contribution in [0.15, 0.2) is 18.2 Å². The van der Waals surface area contributed by atoms with Crippen molar-refractivity contribution in [1.82, 2.24) is 9.55 Å². The summed E-state index contributed by atoms with van der Waals surface area (Å²) in [5, 5.41) is 9.49. The number of aromatic carboxylic acids is 1. The fourth-order valence-electron chi connectivity index (χ4n) is 3.39. The van der Waals surface area contributed by atoms with Gasteiger partial charge in [0.1, 0.15) is 5.82 Å². The fraction of sp³-hybridized carbons (Fsp3) is 0.500. The number of carboxylic acid groups (broad SMARTS) is 1. The van der Waals surface area contributed by atoms with E-state index in [1.807, 2.05) is 6.07 Å². The number of hydrogen-bond acceptors (Lipinski definition) is 2. The second-order valence-corrected chi connectivity index (χ2v) is 6.41. The highest BCUT2D eigenvalue weighted by molar-refractivity contribution is 6.01. The first kappa shape index (κ1) is 11.9. The molecule has 4 rings (SSSR count). The minimum atomic E-state index is -0.859. The molecule has 1 N–H and O–H groups in total. The van der Waals surface area contributed by atoms with Gasteiger partial charge in [0.15, 0.2) is 0 Å². The molecule has 0 bridgehead atoms. The highest BCUT2D eigenvalue weighted by Gasteiger charge is 2.41. The van der Waals surface area contributed by atoms with Crippen molar-refractivity contribution >= 4 is 17.0 Å². The molecule has 2 saturated carbocycles. The van der Waals surface area contributed by atoms with Crippen molar-refractivity contribution in [2.24, 2.45) is 0 Å². The predicted molar refractivity (Wildman–Crippen MR) is 76.2 cm³/mol. The molecule has 4 nitrogen and oxygen atoms in total. The standard InChI is InChI=1S/C16H18N2O2/c1-16(8-3-9-16)18-13-11(15(19)20)4-2-5-12(13)17-14(18)10-6-7-10/h2,4-5,10H,3,6-9H2,1H3,(H,19,20). The van der Waals surface area contributed by atoms with Crippen LogP contribution in [0.25, 0.3) is 11.0 Å². The lowest BCUT2D eigenvalue weighted by Gasteiger charge is -2.41. The molecule has 1 aromatic heterocycles. The molecule has 1 aromatic carbocycles. The molecule has 0 amide bonds. The smallest absolute Gasteiger partial charge is 0.337 e. The van der Waals surface area contributed by atoms with Gasteiger partial charge >= 0.3 is 5.97 Å². The Morgan fingerprint density at radius 1 is 1.40 bits per heavy atom. The Hall–Kier alpha value is -1.84. The van der Waals surface area contributed by atoms with Crippen LogP contribution in [0, 0.1) is 0 Å². The Labute approximate surface area is 117 Å². The Morgan fingerprint density at radius 3 is 2.70 bits per heavy atom. The van der Waals surface area contributed by atoms with Gasteiger partial charge in [-0.15, -0.1) is 0 Å². The normalized spacial score (nSPS) is 20.9. The number of aromatic nitrogens is 2. The summed E-state index contributed by atoms with van der Waals surface area (Å²) in [7, 11) is 0. The number of nitrogens with zero attached hydrogens (tertiary/aromatic N) is 2. The number of fused-ring (bicyclic) bond motifs is 1. The number of rotatable bonds is 3. The summed E-state index contributed by atoms with van der Waals surface area (Å²) in [6.45, 7) is 2.24. The van der Waals surface area contributed by atoms with Crippen molar-refractivity contribution in [1.29, 1.82) is 0 Å². The highest BCUT2D eigenvalue weighted by atomic mass is 16.4. The van der Waals surface area contributed by atoms with Gasteiger partial charge in [-0.25, -0.2) is 9.78 Å². The zero-order valence-electron chi connectivity index (χ0n) is 11.6. The molecule has 2 aromatic rings. The van der Waals surface area contributed by atoms with E-state index >= 15 is 0 Å². The molecular weight excluding hydrogens is 252 g/mol. The summed E-state index contributed by atoms with van der Waals surface area (Å²) >= 11 is 0. The van der Waals surface area contributed by atoms with E-state index in [0.29, 0.717) is 11.5 Å². The summed E-state index contributed by atoms with van der Waals surface area (Å²) in [5.74, 6) is 0.777. The molecule has 0 unspecified atom stereocenters. The largest absolute Gasteiger partial charge is 0.478 e. The van der Waals surface area contributed by atoms with Gasteiger partial charge in [0.2, 0.25) is 0 Å². The quantitative estimate of drug-likeness (QED) is 0.928. The minimum absolute atomic E-state index is 0.0538. The first-order valence-corrected chi connectivity index (χ1v) is 7.35. The van der Waals surface area contributed by atoms with Crippen LogP contribution in [0.2, 0.25) is 0 Å². The van der Waals surface area contributed by atoms with Gasteiger partial charge in [-0.3, -0.25) is 0 Å². The topological polar surface area (TPSA) is 55.1 Å². The molecule has 0 spiro atoms. The van der Waals surface area contributed by atoms with Crippen LogP contribution in [-0.4, -0.2) is 20.6 Å². The van der Waals surface area contributed by atoms with Crippen LogP contribution in [0.4, 0.5) is 0 Å². The molecule has 0 atom stereocenters. The molecule has 0 saturated heterocycles. The number of carbonyl (C=O) groups is 1. The lowest BCUT2D eigenvalue weighted by molar-refractivity contribution is 0.0697. The number of carboxylic acids is 1. The molecule has 1 heterocycles. The van der Waals surface area contributed by atoms with Crippen molar-refractivity contribution in [2.45, 2.75) is 50.5 Å². The Bertz CT molecular complexity index is 709. The SMILES string of the molecule is CC1(n2c(C3CC3)nc3cccc(C(=O)O)c32)CCC1. The van der Waals surface area contributed by atoms with Gasteiger partial charge in [-0.2, -0.15) is 0 Å². The summed E-state index contributed by atoms with van der Waals surface area (Å²) in [6.07, 6.45) is 5.82. The lowest BCUT2D eigenvalue weighted by atomic mass is 9.78. The molecule has 2 aliphatic carbocycles. The maximum absolute atomic E-state index is 11.6. The number of benzene rings is 1. The lowest BCUT2D eigenvalue weighted by Crippen LogP contribution is -2.38. The molecule has 2 aliphatic rings. The average Bonchev–Trinajstić information content (AvgIpc) is 3.15. The van der Waals surface area contributed by atoms with Gasteiger partial charge < -0.3 is 9.67 Å². The Kier molecular flexibility index (Phi) is 2.29. The van der Waals surface area contributed by atoms with E-state index in [0.717, 1.165) is 29.7 Å². The van der Waals surface area contributed by atoms with Crippen molar-refractivity contribution in [3.05, 3.63) is 29.6 Å². The summed E-state index contributed by atoms with van der Waals surface area (Å²) < 4.78 is 2.26. The van der Waals surface area contributed by atoms with Gasteiger partial charge in [0.05, 0.1) is 16.6 Å². The van der Waals surface area contributed by atoms with Crippen molar-refractivity contribution in [3.63, 3.8) is 0 Å². The zero-order valence-corrected chi connectivity index (χ0v) is 11.6. The third-order valence-electron chi connectivity index (χ3n) is 4.85. The van der Waals surface area contributed by atoms with Gasteiger partial charge in [0, 0.05) is 11.5 Å². The second-order valence-electron chi connectivity index (χ2n) is 6.41. The molecule has 20 heavy (non-hydrogen) atoms. The number of hydrogen-bond donors (Lipinski definition) is 1. The highest BCUT2D eigenvalue weighted by Crippen LogP contribution is 2.48. The molecule has 104 valence electrons. The van der Waals surface area contributed by atoms with Crippen LogP contribution < -0.4 is 0 Å². The van der Waals surface area contributed by atoms with Crippen molar-refractivity contribution < 1.29 is 9.90 Å². The van der Waals surface area contributed by atoms with E-state index < -0.39 is 5.97 Å². The van der Waals surface area contributed by atoms with Crippen LogP contribution in [0.5, 0.6) is 0 Å². The van der Waals surface area contributed by atoms with Crippen LogP contribution in [0.1, 0.15) is 61.1 Å². The Morgan fingerprint density at radius 2 is 2.15 bits per heavy atom. The van der Waals surface area contributed by atoms with E-state index in [1.165, 1.54) is 19.3 Å². The maximum Gasteiger partial charge on any atom is 0.337 e. The van der Waals surface area contributed by atoms with E-state index in [1.54, 1.807) is 12.1 Å². The van der Waals surface area contributed by atoms with E-state index in [9.17, 15) is 9.90 Å². The molecular formula is C16H18N2O2. The monoisotopic (exact) mass is 270 g/mol. The third-order valence-corrected chi connectivity index (χ3v) is 4.85. The molecule has 0 radical (unpaired) electrons. The van der Waals surface area contributed by atoms with Gasteiger partial charge in [-0.1, -0.05) is 6.07 Å². The maximum atomic E-state index is 11.6. The van der Waals surface area contributed by atoms with Crippen LogP contribution in [-0.2, 0) is 5.54 Å². The third kappa shape index (κ3) is 1.54. The number of para-hydroxylation sites is 1. The van der Waals surface area contributed by atoms with Crippen LogP contribution in [0.3, 0.4) is 0 Å². The van der Waals surface area contributed by atoms with E-state index in [2.05, 4.69) is 11.5 Å². The second kappa shape index (κ2) is 3.84. The van der Waals surface area contributed by atoms with E-state index in [4.69, 9.17) is 4.98 Å². The fourth-order valence-corrected chi connectivity index (χ4v) is 3.39. The Balaban J connectivity index is 2.05. The first-order valence-electron chi connectivity index (χ1n) is 7.35. The summed E-state index contributed by atoms with van der Waals surface area (Å²) in [6, 6.07) is 5.43. The number of imidazole rings is 1. The van der Waals surface area contributed by atoms with E-state index in [-0.39, 0.29) is 5.54 Å². The van der Waals surface area contributed by atoms with Crippen LogP contribution >= 0.6 is 0 Å². The van der Waals surface area contributed by atoms with Crippen molar-refractivity contribution in [2.75, 3.05) is 0 Å². The predicted octanol–water partition coefficient (Wildman–Crippen LogP) is 3.51. The zero-order chi connectivity index (χ0) is 13.9. The summed E-state index contributed by atoms with van der Waals surface area (Å²) in [4.78, 5) is 16.3. The summed E-state index contributed by atoms with van der Waals surface area (Å²) in [5.41, 5.74) is 2.09. The molecule has 4 heteroatoms. The first-order chi connectivity index (χ1) is 9.60. The molecule has 2 fully saturated rings. The van der Waals surface area contributed by atoms with Gasteiger partial charge in [0.25, 0.3) is 0 Å². The van der Waals surface area contributed by atoms with Gasteiger partial charge in [-0.05, 0) is 51.2 Å². The minimum Gasteiger partial charge on any atom is -0.478 e. The average molecular weight is 270 g/mol. The molecule has 0 aliphatic heterocycles.